The van der Waals surface area contributed by atoms with Gasteiger partial charge in [0.1, 0.15) is 0 Å². The molecule has 2 aromatic carbocycles. The molecule has 2 N–H and O–H groups in total. The van der Waals surface area contributed by atoms with Gasteiger partial charge in [-0.3, -0.25) is 19.1 Å². The van der Waals surface area contributed by atoms with E-state index in [4.69, 9.17) is 0 Å². The molecule has 2 saturated heterocycles. The van der Waals surface area contributed by atoms with Crippen LogP contribution in [-0.2, 0) is 16.1 Å². The van der Waals surface area contributed by atoms with Crippen molar-refractivity contribution < 1.29 is 14.5 Å². The Labute approximate surface area is 173 Å². The number of benzene rings is 2. The second-order valence-corrected chi connectivity index (χ2v) is 8.27. The first kappa shape index (κ1) is 18.8. The molecule has 2 aliphatic rings. The molecular formula is C23H25N4O3+. The molecule has 0 radical (unpaired) electrons. The highest BCUT2D eigenvalue weighted by atomic mass is 16.2. The summed E-state index contributed by atoms with van der Waals surface area (Å²) in [7, 11) is 0. The minimum Gasteiger partial charge on any atom is -0.324 e. The number of nitrogens with one attached hydrogen (secondary N) is 2. The van der Waals surface area contributed by atoms with Crippen LogP contribution in [0.3, 0.4) is 0 Å². The summed E-state index contributed by atoms with van der Waals surface area (Å²) in [5.74, 6) is -0.155. The van der Waals surface area contributed by atoms with E-state index in [0.717, 1.165) is 47.4 Å². The van der Waals surface area contributed by atoms with Gasteiger partial charge in [-0.1, -0.05) is 42.5 Å². The molecule has 2 aliphatic heterocycles. The number of likely N-dealkylation sites (tertiary alicyclic amines) is 2. The minimum absolute atomic E-state index is 0.0680. The van der Waals surface area contributed by atoms with Gasteiger partial charge in [-0.05, 0) is 17.7 Å². The molecular weight excluding hydrogens is 380 g/mol. The Kier molecular flexibility index (Phi) is 4.75. The van der Waals surface area contributed by atoms with Gasteiger partial charge in [0.05, 0.1) is 37.1 Å². The Morgan fingerprint density at radius 3 is 2.40 bits per heavy atom. The number of carbonyl (C=O) groups is 2. The molecule has 30 heavy (non-hydrogen) atoms. The third-order valence-corrected chi connectivity index (χ3v) is 6.51. The quantitative estimate of drug-likeness (QED) is 0.633. The van der Waals surface area contributed by atoms with Crippen molar-refractivity contribution in [1.29, 1.82) is 0 Å². The summed E-state index contributed by atoms with van der Waals surface area (Å²) in [6, 6.07) is 17.2. The van der Waals surface area contributed by atoms with Crippen molar-refractivity contribution in [3.63, 3.8) is 0 Å². The van der Waals surface area contributed by atoms with E-state index in [1.165, 1.54) is 4.90 Å². The number of carbonyl (C=O) groups excluding carboxylic acids is 2. The standard InChI is InChI=1S/C23H24N4O3/c28-21-14-20(22(29)26(21)15-16-6-2-1-3-7-16)25-12-10-17(11-13-25)27-19-9-5-4-8-18(19)24-23(27)30/h1-9,17,20H,10-15H2,(H,24,30)/p+1/t20-/m1/s1. The second kappa shape index (κ2) is 7.57. The minimum atomic E-state index is -0.304. The zero-order valence-electron chi connectivity index (χ0n) is 16.7. The predicted molar refractivity (Wildman–Crippen MR) is 112 cm³/mol. The van der Waals surface area contributed by atoms with Crippen molar-refractivity contribution in [2.45, 2.75) is 37.9 Å². The van der Waals surface area contributed by atoms with Gasteiger partial charge in [-0.2, -0.15) is 0 Å². The van der Waals surface area contributed by atoms with Gasteiger partial charge in [0.2, 0.25) is 5.91 Å². The first-order valence-electron chi connectivity index (χ1n) is 10.5. The molecule has 1 atom stereocenters. The smallest absolute Gasteiger partial charge is 0.324 e. The maximum atomic E-state index is 13.0. The number of hydrogen-bond acceptors (Lipinski definition) is 3. The van der Waals surface area contributed by atoms with Gasteiger partial charge in [0, 0.05) is 18.9 Å². The van der Waals surface area contributed by atoms with Crippen LogP contribution in [0.5, 0.6) is 0 Å². The number of para-hydroxylation sites is 2. The van der Waals surface area contributed by atoms with E-state index in [9.17, 15) is 14.4 Å². The topological polar surface area (TPSA) is 79.6 Å². The number of amides is 2. The fraction of sp³-hybridized carbons (Fsp3) is 0.348. The highest BCUT2D eigenvalue weighted by Crippen LogP contribution is 2.22. The molecule has 7 heteroatoms. The third kappa shape index (κ3) is 3.25. The predicted octanol–water partition coefficient (Wildman–Crippen LogP) is 0.877. The Balaban J connectivity index is 1.28. The van der Waals surface area contributed by atoms with Crippen molar-refractivity contribution in [1.82, 2.24) is 14.5 Å². The number of quaternary nitrogens is 1. The van der Waals surface area contributed by atoms with E-state index in [-0.39, 0.29) is 36.0 Å². The third-order valence-electron chi connectivity index (χ3n) is 6.51. The van der Waals surface area contributed by atoms with Crippen LogP contribution in [0, 0.1) is 0 Å². The molecule has 2 amide bonds. The van der Waals surface area contributed by atoms with E-state index in [1.54, 1.807) is 0 Å². The van der Waals surface area contributed by atoms with Gasteiger partial charge in [0.15, 0.2) is 6.04 Å². The highest BCUT2D eigenvalue weighted by Gasteiger charge is 2.46. The van der Waals surface area contributed by atoms with Gasteiger partial charge >= 0.3 is 5.69 Å². The number of aromatic amines is 1. The molecule has 0 aliphatic carbocycles. The fourth-order valence-electron chi connectivity index (χ4n) is 4.95. The maximum Gasteiger partial charge on any atom is 0.326 e. The van der Waals surface area contributed by atoms with Crippen LogP contribution in [0.15, 0.2) is 59.4 Å². The Hall–Kier alpha value is -3.19. The zero-order chi connectivity index (χ0) is 20.7. The average Bonchev–Trinajstić information content (AvgIpc) is 3.25. The van der Waals surface area contributed by atoms with Crippen molar-refractivity contribution in [2.24, 2.45) is 0 Å². The number of H-pyrrole nitrogens is 1. The zero-order valence-corrected chi connectivity index (χ0v) is 16.7. The summed E-state index contributed by atoms with van der Waals surface area (Å²) in [5, 5.41) is 0. The van der Waals surface area contributed by atoms with Crippen LogP contribution >= 0.6 is 0 Å². The molecule has 154 valence electrons. The number of nitrogens with zero attached hydrogens (tertiary/aromatic N) is 2. The van der Waals surface area contributed by atoms with Crippen molar-refractivity contribution >= 4 is 22.8 Å². The fourth-order valence-corrected chi connectivity index (χ4v) is 4.95. The van der Waals surface area contributed by atoms with Crippen molar-refractivity contribution in [2.75, 3.05) is 13.1 Å². The summed E-state index contributed by atoms with van der Waals surface area (Å²) in [6.45, 7) is 1.90. The van der Waals surface area contributed by atoms with Crippen LogP contribution in [-0.4, -0.2) is 45.4 Å². The van der Waals surface area contributed by atoms with E-state index in [2.05, 4.69) is 4.98 Å². The van der Waals surface area contributed by atoms with Crippen LogP contribution in [0.2, 0.25) is 0 Å². The van der Waals surface area contributed by atoms with Gasteiger partial charge in [0.25, 0.3) is 5.91 Å². The summed E-state index contributed by atoms with van der Waals surface area (Å²) in [6.07, 6.45) is 1.90. The molecule has 0 bridgehead atoms. The normalized spacial score (nSPS) is 24.7. The van der Waals surface area contributed by atoms with Crippen LogP contribution in [0.1, 0.15) is 30.9 Å². The van der Waals surface area contributed by atoms with Crippen LogP contribution in [0.25, 0.3) is 11.0 Å². The van der Waals surface area contributed by atoms with E-state index < -0.39 is 0 Å². The molecule has 5 rings (SSSR count). The van der Waals surface area contributed by atoms with Gasteiger partial charge in [-0.25, -0.2) is 4.79 Å². The number of hydrogen-bond donors (Lipinski definition) is 2. The lowest BCUT2D eigenvalue weighted by Gasteiger charge is -2.32. The van der Waals surface area contributed by atoms with Crippen molar-refractivity contribution in [3.05, 3.63) is 70.6 Å². The average molecular weight is 405 g/mol. The monoisotopic (exact) mass is 405 g/mol. The number of imide groups is 1. The molecule has 0 spiro atoms. The molecule has 3 heterocycles. The highest BCUT2D eigenvalue weighted by molar-refractivity contribution is 6.04. The lowest BCUT2D eigenvalue weighted by molar-refractivity contribution is -0.920. The van der Waals surface area contributed by atoms with Crippen LogP contribution < -0.4 is 10.6 Å². The van der Waals surface area contributed by atoms with Crippen molar-refractivity contribution in [3.8, 4) is 0 Å². The molecule has 7 nitrogen and oxygen atoms in total. The maximum absolute atomic E-state index is 13.0. The van der Waals surface area contributed by atoms with E-state index in [1.807, 2.05) is 59.2 Å². The number of aromatic nitrogens is 2. The van der Waals surface area contributed by atoms with E-state index in [0.29, 0.717) is 6.54 Å². The number of piperidine rings is 1. The number of fused-ring (bicyclic) bond motifs is 1. The summed E-state index contributed by atoms with van der Waals surface area (Å²) in [5.41, 5.74) is 2.67. The Morgan fingerprint density at radius 1 is 0.933 bits per heavy atom. The number of imidazole rings is 1. The lowest BCUT2D eigenvalue weighted by Crippen LogP contribution is -3.17. The Morgan fingerprint density at radius 2 is 1.63 bits per heavy atom. The van der Waals surface area contributed by atoms with Crippen LogP contribution in [0.4, 0.5) is 0 Å². The second-order valence-electron chi connectivity index (χ2n) is 8.27. The summed E-state index contributed by atoms with van der Waals surface area (Å²) in [4.78, 5) is 43.5. The first-order chi connectivity index (χ1) is 14.6. The van der Waals surface area contributed by atoms with Gasteiger partial charge < -0.3 is 9.88 Å². The largest absolute Gasteiger partial charge is 0.326 e. The molecule has 1 aromatic heterocycles. The molecule has 0 unspecified atom stereocenters. The van der Waals surface area contributed by atoms with Gasteiger partial charge in [-0.15, -0.1) is 0 Å². The first-order valence-corrected chi connectivity index (χ1v) is 10.5. The number of rotatable bonds is 4. The Bertz CT molecular complexity index is 1140. The molecule has 0 saturated carbocycles. The molecule has 3 aromatic rings. The molecule has 2 fully saturated rings. The van der Waals surface area contributed by atoms with E-state index >= 15 is 0 Å². The SMILES string of the molecule is O=C1C[C@@H]([NH+]2CCC(n3c(=O)[nH]c4ccccc43)CC2)C(=O)N1Cc1ccccc1. The summed E-state index contributed by atoms with van der Waals surface area (Å²) < 4.78 is 1.86. The lowest BCUT2D eigenvalue weighted by atomic mass is 10.0. The summed E-state index contributed by atoms with van der Waals surface area (Å²) >= 11 is 0.